The van der Waals surface area contributed by atoms with E-state index in [4.69, 9.17) is 4.98 Å². The average Bonchev–Trinajstić information content (AvgIpc) is 3.74. The number of ketones is 1. The Morgan fingerprint density at radius 3 is 2.23 bits per heavy atom. The van der Waals surface area contributed by atoms with Gasteiger partial charge in [-0.25, -0.2) is 0 Å². The van der Waals surface area contributed by atoms with E-state index in [0.29, 0.717) is 5.92 Å². The number of rotatable bonds is 11. The van der Waals surface area contributed by atoms with Gasteiger partial charge in [0.05, 0.1) is 5.76 Å². The molecule has 0 aliphatic rings. The first-order valence-electron chi connectivity index (χ1n) is 18.7. The van der Waals surface area contributed by atoms with E-state index in [0.717, 1.165) is 53.6 Å². The Bertz CT molecular complexity index is 2140. The van der Waals surface area contributed by atoms with Crippen molar-refractivity contribution in [3.8, 4) is 22.4 Å². The maximum Gasteiger partial charge on any atom is 0.162 e. The van der Waals surface area contributed by atoms with Crippen LogP contribution >= 0.6 is 22.7 Å². The first-order valence-corrected chi connectivity index (χ1v) is 20.4. The molecule has 0 atom stereocenters. The number of fused-ring (bicyclic) bond motifs is 3. The third kappa shape index (κ3) is 9.68. The van der Waals surface area contributed by atoms with Crippen LogP contribution in [-0.4, -0.2) is 15.9 Å². The van der Waals surface area contributed by atoms with E-state index in [1.165, 1.54) is 48.5 Å². The molecule has 1 N–H and O–H groups in total. The second-order valence-electron chi connectivity index (χ2n) is 15.1. The van der Waals surface area contributed by atoms with E-state index in [1.54, 1.807) is 11.3 Å². The molecule has 277 valence electrons. The molecule has 3 nitrogen and oxygen atoms in total. The molecule has 6 heteroatoms. The second kappa shape index (κ2) is 18.3. The molecule has 1 radical (unpaired) electrons. The van der Waals surface area contributed by atoms with Crippen molar-refractivity contribution in [3.05, 3.63) is 100 Å². The number of pyridine rings is 1. The SMILES string of the molecule is CC(C)Cc1cc2ccc(-c3cc(-c4[c-]c5ccccc5c(C(C)(C)C)c4)nc4sccc34)cc2s1.CCC(CC)C(=O)/C=C(\O)C(CC)CC.[Ir]. The minimum atomic E-state index is 0. The number of hydrogen-bond donors (Lipinski definition) is 1. The molecule has 0 amide bonds. The molecule has 0 saturated carbocycles. The molecule has 6 rings (SSSR count). The zero-order valence-corrected chi connectivity index (χ0v) is 36.3. The number of aliphatic hydroxyl groups excluding tert-OH is 1. The van der Waals surface area contributed by atoms with Crippen LogP contribution in [0.5, 0.6) is 0 Å². The van der Waals surface area contributed by atoms with Crippen molar-refractivity contribution < 1.29 is 30.0 Å². The van der Waals surface area contributed by atoms with Crippen molar-refractivity contribution >= 4 is 59.5 Å². The van der Waals surface area contributed by atoms with Crippen LogP contribution in [0.25, 0.3) is 53.5 Å². The van der Waals surface area contributed by atoms with Crippen molar-refractivity contribution in [1.82, 2.24) is 4.98 Å². The summed E-state index contributed by atoms with van der Waals surface area (Å²) in [7, 11) is 0. The average molecular weight is 909 g/mol. The molecule has 52 heavy (non-hydrogen) atoms. The van der Waals surface area contributed by atoms with E-state index in [-0.39, 0.29) is 48.9 Å². The molecule has 0 fully saturated rings. The van der Waals surface area contributed by atoms with E-state index in [9.17, 15) is 9.90 Å². The quantitative estimate of drug-likeness (QED) is 0.0800. The van der Waals surface area contributed by atoms with Gasteiger partial charge in [-0.15, -0.1) is 51.8 Å². The standard InChI is InChI=1S/C33H30NS2.C13H24O2.Ir/c1-20(2)14-25-16-23-11-10-22(18-31(23)36-25)28-19-30(34-32-27(28)12-13-35-32)24-15-21-8-6-7-9-26(21)29(17-24)33(3,4)5;1-5-10(6-2)12(14)9-13(15)11(7-3)8-4;/h6-13,16-20H,14H2,1-5H3;9-11,14H,5-8H2,1-4H3;/q-1;;/b;12-9-;. The Labute approximate surface area is 333 Å². The van der Waals surface area contributed by atoms with E-state index in [2.05, 4.69) is 113 Å². The number of hydrogen-bond acceptors (Lipinski definition) is 5. The maximum absolute atomic E-state index is 11.7. The molecule has 0 aliphatic carbocycles. The van der Waals surface area contributed by atoms with Crippen LogP contribution in [0.2, 0.25) is 0 Å². The Balaban J connectivity index is 0.000000323. The summed E-state index contributed by atoms with van der Waals surface area (Å²) in [5.74, 6) is 1.22. The number of carbonyl (C=O) groups is 1. The number of nitrogens with zero attached hydrogens (tertiary/aromatic N) is 1. The topological polar surface area (TPSA) is 50.2 Å². The molecule has 3 heterocycles. The van der Waals surface area contributed by atoms with Gasteiger partial charge in [-0.1, -0.05) is 110 Å². The number of carbonyl (C=O) groups excluding carboxylic acids is 1. The Kier molecular flexibility index (Phi) is 14.6. The number of aliphatic hydroxyl groups is 1. The number of benzene rings is 3. The summed E-state index contributed by atoms with van der Waals surface area (Å²) in [6.45, 7) is 19.5. The molecular formula is C46H54IrNO2S2-. The summed E-state index contributed by atoms with van der Waals surface area (Å²) in [5, 5.41) is 16.9. The Morgan fingerprint density at radius 1 is 0.885 bits per heavy atom. The van der Waals surface area contributed by atoms with Crippen LogP contribution in [0.1, 0.15) is 98.4 Å². The van der Waals surface area contributed by atoms with E-state index in [1.807, 2.05) is 39.0 Å². The molecule has 0 aliphatic heterocycles. The summed E-state index contributed by atoms with van der Waals surface area (Å²) >= 11 is 3.64. The minimum Gasteiger partial charge on any atom is -0.512 e. The molecule has 0 saturated heterocycles. The van der Waals surface area contributed by atoms with Crippen LogP contribution in [0, 0.1) is 23.8 Å². The zero-order valence-electron chi connectivity index (χ0n) is 32.2. The largest absolute Gasteiger partial charge is 0.512 e. The first-order chi connectivity index (χ1) is 24.4. The third-order valence-corrected chi connectivity index (χ3v) is 11.8. The van der Waals surface area contributed by atoms with Gasteiger partial charge in [0.1, 0.15) is 4.83 Å². The molecule has 0 bridgehead atoms. The van der Waals surface area contributed by atoms with Gasteiger partial charge < -0.3 is 5.11 Å². The van der Waals surface area contributed by atoms with E-state index >= 15 is 0 Å². The van der Waals surface area contributed by atoms with Gasteiger partial charge in [0, 0.05) is 58.7 Å². The Hall–Kier alpha value is -3.15. The maximum atomic E-state index is 11.7. The van der Waals surface area contributed by atoms with Crippen LogP contribution in [0.4, 0.5) is 0 Å². The zero-order chi connectivity index (χ0) is 36.9. The van der Waals surface area contributed by atoms with Crippen LogP contribution in [-0.2, 0) is 36.7 Å². The fourth-order valence-corrected chi connectivity index (χ4v) is 8.96. The summed E-state index contributed by atoms with van der Waals surface area (Å²) in [6.07, 6.45) is 6.04. The van der Waals surface area contributed by atoms with Gasteiger partial charge in [-0.05, 0) is 83.5 Å². The van der Waals surface area contributed by atoms with Crippen LogP contribution < -0.4 is 0 Å². The van der Waals surface area contributed by atoms with Crippen LogP contribution in [0.3, 0.4) is 0 Å². The Morgan fingerprint density at radius 2 is 1.58 bits per heavy atom. The van der Waals surface area contributed by atoms with Gasteiger partial charge in [0.2, 0.25) is 0 Å². The van der Waals surface area contributed by atoms with Crippen molar-refractivity contribution in [2.75, 3.05) is 0 Å². The minimum absolute atomic E-state index is 0. The monoisotopic (exact) mass is 909 g/mol. The number of aromatic nitrogens is 1. The third-order valence-electron chi connectivity index (χ3n) is 9.87. The number of thiophene rings is 2. The van der Waals surface area contributed by atoms with Gasteiger partial charge >= 0.3 is 0 Å². The fraction of sp³-hybridized carbons (Fsp3) is 0.391. The molecule has 3 aromatic carbocycles. The van der Waals surface area contributed by atoms with Gasteiger partial charge in [0.15, 0.2) is 5.78 Å². The first kappa shape index (κ1) is 41.6. The van der Waals surface area contributed by atoms with Gasteiger partial charge in [-0.2, -0.15) is 0 Å². The summed E-state index contributed by atoms with van der Waals surface area (Å²) in [4.78, 5) is 19.4. The van der Waals surface area contributed by atoms with Gasteiger partial charge in [-0.3, -0.25) is 9.78 Å². The van der Waals surface area contributed by atoms with E-state index < -0.39 is 0 Å². The molecular weight excluding hydrogens is 855 g/mol. The summed E-state index contributed by atoms with van der Waals surface area (Å²) < 4.78 is 1.36. The molecule has 6 aromatic rings. The molecule has 0 spiro atoms. The second-order valence-corrected chi connectivity index (χ2v) is 17.2. The normalized spacial score (nSPS) is 12.2. The molecule has 3 aromatic heterocycles. The van der Waals surface area contributed by atoms with Crippen molar-refractivity contribution in [3.63, 3.8) is 0 Å². The smallest absolute Gasteiger partial charge is 0.162 e. The fourth-order valence-electron chi connectivity index (χ4n) is 6.85. The van der Waals surface area contributed by atoms with Crippen molar-refractivity contribution in [2.24, 2.45) is 17.8 Å². The molecule has 0 unspecified atom stereocenters. The van der Waals surface area contributed by atoms with Crippen molar-refractivity contribution in [1.29, 1.82) is 0 Å². The predicted molar refractivity (Wildman–Crippen MR) is 223 cm³/mol. The van der Waals surface area contributed by atoms with Crippen molar-refractivity contribution in [2.45, 2.75) is 99.8 Å². The van der Waals surface area contributed by atoms with Crippen LogP contribution in [0.15, 0.2) is 83.9 Å². The number of allylic oxidation sites excluding steroid dienone is 2. The summed E-state index contributed by atoms with van der Waals surface area (Å²) in [5.41, 5.74) is 5.91. The van der Waals surface area contributed by atoms with Gasteiger partial charge in [0.25, 0.3) is 0 Å². The summed E-state index contributed by atoms with van der Waals surface area (Å²) in [6, 6.07) is 28.3. The predicted octanol–water partition coefficient (Wildman–Crippen LogP) is 14.2.